The second-order valence-electron chi connectivity index (χ2n) is 9.43. The molecule has 1 atom stereocenters. The molecule has 0 radical (unpaired) electrons. The van der Waals surface area contributed by atoms with Crippen LogP contribution in [0.4, 0.5) is 24.5 Å². The number of nitrogens with two attached hydrogens (primary N) is 2. The summed E-state index contributed by atoms with van der Waals surface area (Å²) in [4.78, 5) is 40.8. The minimum absolute atomic E-state index is 0.0136. The number of anilines is 2. The van der Waals surface area contributed by atoms with Crippen LogP contribution in [-0.2, 0) is 17.5 Å². The topological polar surface area (TPSA) is 159 Å². The molecule has 0 aliphatic carbocycles. The lowest BCUT2D eigenvalue weighted by molar-refractivity contribution is -0.137. The van der Waals surface area contributed by atoms with E-state index < -0.39 is 41.2 Å². The highest BCUT2D eigenvalue weighted by atomic mass is 32.1. The summed E-state index contributed by atoms with van der Waals surface area (Å²) in [6.45, 7) is 0.0136. The Hall–Kier alpha value is -5.31. The highest BCUT2D eigenvalue weighted by Crippen LogP contribution is 2.43. The number of nitrogen functional groups attached to an aromatic ring is 1. The van der Waals surface area contributed by atoms with Crippen LogP contribution in [0.1, 0.15) is 42.9 Å². The molecule has 1 heterocycles. The fourth-order valence-corrected chi connectivity index (χ4v) is 5.26. The van der Waals surface area contributed by atoms with E-state index in [1.807, 2.05) is 0 Å². The molecule has 11 nitrogen and oxygen atoms in total. The van der Waals surface area contributed by atoms with Crippen LogP contribution in [0, 0.1) is 0 Å². The van der Waals surface area contributed by atoms with Gasteiger partial charge in [0.15, 0.2) is 17.2 Å². The van der Waals surface area contributed by atoms with Gasteiger partial charge in [0.1, 0.15) is 10.9 Å². The van der Waals surface area contributed by atoms with Crippen molar-refractivity contribution >= 4 is 40.6 Å². The Labute approximate surface area is 259 Å². The average Bonchev–Trinajstić information content (AvgIpc) is 3.42. The summed E-state index contributed by atoms with van der Waals surface area (Å²) in [7, 11) is 4.04. The van der Waals surface area contributed by atoms with Crippen molar-refractivity contribution in [3.05, 3.63) is 94.0 Å². The number of nitrogens with one attached hydrogen (secondary N) is 1. The summed E-state index contributed by atoms with van der Waals surface area (Å²) >= 11 is 0.511. The SMILES string of the molecule is COc1cc([C@H](C(=O)NCc2ccccc2)N(C(=O)c2snc(C(N)=O)c2N)c2cccc(C(F)(F)F)c2)cc(OC)c1OC. The minimum atomic E-state index is -4.79. The molecule has 0 saturated carbocycles. The van der Waals surface area contributed by atoms with E-state index >= 15 is 0 Å². The third kappa shape index (κ3) is 6.93. The van der Waals surface area contributed by atoms with E-state index in [-0.39, 0.29) is 45.6 Å². The first-order valence-electron chi connectivity index (χ1n) is 13.1. The van der Waals surface area contributed by atoms with E-state index in [0.717, 1.165) is 23.1 Å². The fourth-order valence-electron chi connectivity index (χ4n) is 4.51. The van der Waals surface area contributed by atoms with Crippen molar-refractivity contribution in [2.75, 3.05) is 32.0 Å². The minimum Gasteiger partial charge on any atom is -0.493 e. The van der Waals surface area contributed by atoms with Crippen LogP contribution in [-0.4, -0.2) is 43.4 Å². The smallest absolute Gasteiger partial charge is 0.416 e. The number of aromatic nitrogens is 1. The summed E-state index contributed by atoms with van der Waals surface area (Å²) in [6.07, 6.45) is -4.79. The Morgan fingerprint density at radius 3 is 2.13 bits per heavy atom. The molecule has 45 heavy (non-hydrogen) atoms. The monoisotopic (exact) mass is 643 g/mol. The number of halogens is 3. The van der Waals surface area contributed by atoms with Gasteiger partial charge >= 0.3 is 6.18 Å². The molecule has 3 amide bonds. The van der Waals surface area contributed by atoms with Crippen LogP contribution in [0.5, 0.6) is 17.2 Å². The molecular formula is C30H28F3N5O6S. The number of ether oxygens (including phenoxy) is 3. The number of hydrogen-bond acceptors (Lipinski definition) is 9. The van der Waals surface area contributed by atoms with Crippen LogP contribution in [0.2, 0.25) is 0 Å². The molecule has 236 valence electrons. The number of benzene rings is 3. The predicted octanol–water partition coefficient (Wildman–Crippen LogP) is 4.57. The Bertz CT molecular complexity index is 1690. The van der Waals surface area contributed by atoms with E-state index in [1.54, 1.807) is 30.3 Å². The maximum atomic E-state index is 14.3. The van der Waals surface area contributed by atoms with Gasteiger partial charge in [-0.25, -0.2) is 0 Å². The first kappa shape index (κ1) is 32.6. The molecule has 5 N–H and O–H groups in total. The second-order valence-corrected chi connectivity index (χ2v) is 10.2. The molecule has 0 aliphatic heterocycles. The molecule has 3 aromatic carbocycles. The number of amides is 3. The van der Waals surface area contributed by atoms with Gasteiger partial charge in [0.2, 0.25) is 11.7 Å². The normalized spacial score (nSPS) is 11.8. The summed E-state index contributed by atoms with van der Waals surface area (Å²) in [5, 5.41) is 2.76. The Balaban J connectivity index is 1.98. The van der Waals surface area contributed by atoms with Crippen molar-refractivity contribution in [2.45, 2.75) is 18.8 Å². The van der Waals surface area contributed by atoms with E-state index in [4.69, 9.17) is 25.7 Å². The third-order valence-corrected chi connectivity index (χ3v) is 7.50. The van der Waals surface area contributed by atoms with Gasteiger partial charge in [0, 0.05) is 12.2 Å². The first-order valence-corrected chi connectivity index (χ1v) is 13.9. The zero-order chi connectivity index (χ0) is 32.9. The number of rotatable bonds is 11. The Morgan fingerprint density at radius 1 is 0.956 bits per heavy atom. The molecule has 1 aromatic heterocycles. The van der Waals surface area contributed by atoms with Crippen LogP contribution in [0.3, 0.4) is 0 Å². The highest BCUT2D eigenvalue weighted by Gasteiger charge is 2.39. The lowest BCUT2D eigenvalue weighted by Gasteiger charge is -2.32. The molecule has 0 unspecified atom stereocenters. The number of primary amides is 1. The maximum absolute atomic E-state index is 14.3. The lowest BCUT2D eigenvalue weighted by atomic mass is 10.0. The maximum Gasteiger partial charge on any atom is 0.416 e. The zero-order valence-corrected chi connectivity index (χ0v) is 25.0. The molecule has 0 fully saturated rings. The summed E-state index contributed by atoms with van der Waals surface area (Å²) in [6, 6.07) is 13.9. The van der Waals surface area contributed by atoms with Crippen molar-refractivity contribution < 1.29 is 41.8 Å². The molecule has 15 heteroatoms. The van der Waals surface area contributed by atoms with Gasteiger partial charge in [0.25, 0.3) is 11.8 Å². The first-order chi connectivity index (χ1) is 21.4. The lowest BCUT2D eigenvalue weighted by Crippen LogP contribution is -2.44. The van der Waals surface area contributed by atoms with E-state index in [0.29, 0.717) is 17.1 Å². The van der Waals surface area contributed by atoms with E-state index in [1.165, 1.54) is 39.5 Å². The zero-order valence-electron chi connectivity index (χ0n) is 24.2. The third-order valence-electron chi connectivity index (χ3n) is 6.64. The Morgan fingerprint density at radius 2 is 1.60 bits per heavy atom. The standard InChI is InChI=1S/C30H28F3N5O6S/c1-42-20-12-17(13-21(43-2)25(20)44-3)24(28(40)36-15-16-8-5-4-6-9-16)38(19-11-7-10-18(14-19)30(31,32)33)29(41)26-22(34)23(27(35)39)37-45-26/h4-14,24H,15,34H2,1-3H3,(H2,35,39)(H,36,40)/t24-/m1/s1. The summed E-state index contributed by atoms with van der Waals surface area (Å²) in [5.41, 5.74) is 10.0. The van der Waals surface area contributed by atoms with Gasteiger partial charge in [-0.05, 0) is 53.0 Å². The number of hydrogen-bond donors (Lipinski definition) is 3. The molecular weight excluding hydrogens is 615 g/mol. The fraction of sp³-hybridized carbons (Fsp3) is 0.200. The molecule has 4 aromatic rings. The van der Waals surface area contributed by atoms with Crippen LogP contribution < -0.4 is 35.9 Å². The molecule has 0 aliphatic rings. The average molecular weight is 644 g/mol. The molecule has 0 spiro atoms. The second kappa shape index (κ2) is 13.5. The summed E-state index contributed by atoms with van der Waals surface area (Å²) < 4.78 is 61.8. The van der Waals surface area contributed by atoms with Gasteiger partial charge < -0.3 is 31.0 Å². The van der Waals surface area contributed by atoms with Gasteiger partial charge in [-0.2, -0.15) is 17.5 Å². The predicted molar refractivity (Wildman–Crippen MR) is 160 cm³/mol. The van der Waals surface area contributed by atoms with Gasteiger partial charge in [-0.3, -0.25) is 19.3 Å². The molecule has 0 saturated heterocycles. The number of methoxy groups -OCH3 is 3. The van der Waals surface area contributed by atoms with Crippen LogP contribution in [0.15, 0.2) is 66.7 Å². The van der Waals surface area contributed by atoms with Crippen LogP contribution in [0.25, 0.3) is 0 Å². The van der Waals surface area contributed by atoms with Crippen molar-refractivity contribution in [1.82, 2.24) is 9.69 Å². The van der Waals surface area contributed by atoms with Gasteiger partial charge in [-0.15, -0.1) is 0 Å². The number of carbonyl (C=O) groups is 3. The quantitative estimate of drug-likeness (QED) is 0.214. The van der Waals surface area contributed by atoms with E-state index in [9.17, 15) is 27.6 Å². The van der Waals surface area contributed by atoms with Crippen LogP contribution >= 0.6 is 11.5 Å². The van der Waals surface area contributed by atoms with Crippen molar-refractivity contribution in [3.8, 4) is 17.2 Å². The number of nitrogens with zero attached hydrogens (tertiary/aromatic N) is 2. The van der Waals surface area contributed by atoms with Crippen molar-refractivity contribution in [2.24, 2.45) is 5.73 Å². The highest BCUT2D eigenvalue weighted by molar-refractivity contribution is 7.09. The number of alkyl halides is 3. The van der Waals surface area contributed by atoms with E-state index in [2.05, 4.69) is 9.69 Å². The molecule has 0 bridgehead atoms. The van der Waals surface area contributed by atoms with Crippen molar-refractivity contribution in [3.63, 3.8) is 0 Å². The van der Waals surface area contributed by atoms with Crippen molar-refractivity contribution in [1.29, 1.82) is 0 Å². The van der Waals surface area contributed by atoms with Gasteiger partial charge in [0.05, 0.1) is 32.6 Å². The van der Waals surface area contributed by atoms with Gasteiger partial charge in [-0.1, -0.05) is 36.4 Å². The Kier molecular flexibility index (Phi) is 9.82. The summed E-state index contributed by atoms with van der Waals surface area (Å²) in [5.74, 6) is -2.44. The number of carbonyl (C=O) groups excluding carboxylic acids is 3. The molecule has 4 rings (SSSR count). The largest absolute Gasteiger partial charge is 0.493 e.